The Morgan fingerprint density at radius 3 is 2.68 bits per heavy atom. The van der Waals surface area contributed by atoms with Crippen molar-refractivity contribution in [1.82, 2.24) is 15.1 Å². The summed E-state index contributed by atoms with van der Waals surface area (Å²) in [5, 5.41) is 3.51. The lowest BCUT2D eigenvalue weighted by Crippen LogP contribution is -2.46. The standard InChI is InChI=1S/C15H29N3O/c1-12(2)16-9-13-5-4-7-18(10-13)15(19)14-6-8-17(3)11-14/h12-14,16H,4-11H2,1-3H3. The van der Waals surface area contributed by atoms with Crippen LogP contribution in [0, 0.1) is 11.8 Å². The van der Waals surface area contributed by atoms with E-state index >= 15 is 0 Å². The molecule has 0 spiro atoms. The molecule has 0 aliphatic carbocycles. The summed E-state index contributed by atoms with van der Waals surface area (Å²) in [6.45, 7) is 9.36. The maximum absolute atomic E-state index is 12.5. The average molecular weight is 267 g/mol. The largest absolute Gasteiger partial charge is 0.342 e. The molecule has 0 aromatic heterocycles. The number of amides is 1. The molecule has 0 aromatic rings. The molecule has 2 aliphatic rings. The van der Waals surface area contributed by atoms with Crippen LogP contribution in [0.4, 0.5) is 0 Å². The van der Waals surface area contributed by atoms with Crippen LogP contribution >= 0.6 is 0 Å². The number of likely N-dealkylation sites (tertiary alicyclic amines) is 2. The van der Waals surface area contributed by atoms with Crippen molar-refractivity contribution in [3.05, 3.63) is 0 Å². The minimum Gasteiger partial charge on any atom is -0.342 e. The van der Waals surface area contributed by atoms with Crippen LogP contribution in [0.2, 0.25) is 0 Å². The summed E-state index contributed by atoms with van der Waals surface area (Å²) in [6.07, 6.45) is 3.47. The fraction of sp³-hybridized carbons (Fsp3) is 0.933. The zero-order valence-electron chi connectivity index (χ0n) is 12.7. The molecule has 1 N–H and O–H groups in total. The van der Waals surface area contributed by atoms with Gasteiger partial charge in [-0.25, -0.2) is 0 Å². The second-order valence-electron chi connectivity index (χ2n) is 6.60. The van der Waals surface area contributed by atoms with Crippen molar-refractivity contribution in [3.63, 3.8) is 0 Å². The molecule has 0 radical (unpaired) electrons. The van der Waals surface area contributed by atoms with Gasteiger partial charge in [-0.05, 0) is 45.3 Å². The van der Waals surface area contributed by atoms with E-state index in [-0.39, 0.29) is 5.92 Å². The van der Waals surface area contributed by atoms with Crippen molar-refractivity contribution < 1.29 is 4.79 Å². The lowest BCUT2D eigenvalue weighted by molar-refractivity contribution is -0.136. The highest BCUT2D eigenvalue weighted by Crippen LogP contribution is 2.22. The van der Waals surface area contributed by atoms with Crippen LogP contribution in [-0.2, 0) is 4.79 Å². The summed E-state index contributed by atoms with van der Waals surface area (Å²) in [4.78, 5) is 16.9. The zero-order valence-corrected chi connectivity index (χ0v) is 12.7. The van der Waals surface area contributed by atoms with Gasteiger partial charge < -0.3 is 15.1 Å². The molecule has 110 valence electrons. The molecule has 19 heavy (non-hydrogen) atoms. The monoisotopic (exact) mass is 267 g/mol. The van der Waals surface area contributed by atoms with E-state index in [2.05, 4.69) is 36.0 Å². The van der Waals surface area contributed by atoms with Crippen molar-refractivity contribution >= 4 is 5.91 Å². The maximum Gasteiger partial charge on any atom is 0.227 e. The molecule has 2 saturated heterocycles. The molecule has 0 bridgehead atoms. The van der Waals surface area contributed by atoms with Crippen molar-refractivity contribution in [1.29, 1.82) is 0 Å². The summed E-state index contributed by atoms with van der Waals surface area (Å²) in [5.74, 6) is 1.29. The van der Waals surface area contributed by atoms with Gasteiger partial charge in [-0.1, -0.05) is 13.8 Å². The van der Waals surface area contributed by atoms with Gasteiger partial charge in [0, 0.05) is 25.7 Å². The maximum atomic E-state index is 12.5. The number of piperidine rings is 1. The van der Waals surface area contributed by atoms with Gasteiger partial charge in [0.2, 0.25) is 5.91 Å². The lowest BCUT2D eigenvalue weighted by Gasteiger charge is -2.34. The van der Waals surface area contributed by atoms with Gasteiger partial charge >= 0.3 is 0 Å². The number of nitrogens with one attached hydrogen (secondary N) is 1. The fourth-order valence-corrected chi connectivity index (χ4v) is 3.23. The number of nitrogens with zero attached hydrogens (tertiary/aromatic N) is 2. The third-order valence-electron chi connectivity index (χ3n) is 4.39. The lowest BCUT2D eigenvalue weighted by atomic mass is 9.96. The average Bonchev–Trinajstić information content (AvgIpc) is 2.82. The number of hydrogen-bond donors (Lipinski definition) is 1. The second-order valence-corrected chi connectivity index (χ2v) is 6.60. The van der Waals surface area contributed by atoms with E-state index in [4.69, 9.17) is 0 Å². The SMILES string of the molecule is CC(C)NCC1CCCN(C(=O)C2CCN(C)C2)C1. The number of carbonyl (C=O) groups is 1. The molecule has 4 nitrogen and oxygen atoms in total. The first kappa shape index (κ1) is 14.8. The Morgan fingerprint density at radius 2 is 2.05 bits per heavy atom. The first-order valence-corrected chi connectivity index (χ1v) is 7.77. The highest BCUT2D eigenvalue weighted by atomic mass is 16.2. The Morgan fingerprint density at radius 1 is 1.26 bits per heavy atom. The third-order valence-corrected chi connectivity index (χ3v) is 4.39. The van der Waals surface area contributed by atoms with Gasteiger partial charge in [0.15, 0.2) is 0 Å². The molecule has 0 aromatic carbocycles. The normalized spacial score (nSPS) is 29.2. The Balaban J connectivity index is 1.81. The van der Waals surface area contributed by atoms with E-state index in [1.807, 2.05) is 0 Å². The van der Waals surface area contributed by atoms with Crippen molar-refractivity contribution in [3.8, 4) is 0 Å². The third kappa shape index (κ3) is 4.18. The van der Waals surface area contributed by atoms with Gasteiger partial charge in [-0.3, -0.25) is 4.79 Å². The molecule has 2 fully saturated rings. The van der Waals surface area contributed by atoms with Gasteiger partial charge in [0.05, 0.1) is 5.92 Å². The Labute approximate surface area is 117 Å². The molecule has 0 saturated carbocycles. The molecular weight excluding hydrogens is 238 g/mol. The number of carbonyl (C=O) groups excluding carboxylic acids is 1. The number of hydrogen-bond acceptors (Lipinski definition) is 3. The minimum atomic E-state index is 0.252. The highest BCUT2D eigenvalue weighted by Gasteiger charge is 2.32. The molecule has 4 heteroatoms. The molecule has 2 atom stereocenters. The molecule has 2 rings (SSSR count). The summed E-state index contributed by atoms with van der Waals surface area (Å²) in [7, 11) is 2.11. The first-order chi connectivity index (χ1) is 9.06. The van der Waals surface area contributed by atoms with Gasteiger partial charge in [0.25, 0.3) is 0 Å². The van der Waals surface area contributed by atoms with Crippen LogP contribution < -0.4 is 5.32 Å². The Kier molecular flexibility index (Phi) is 5.22. The van der Waals surface area contributed by atoms with Gasteiger partial charge in [0.1, 0.15) is 0 Å². The molecule has 1 amide bonds. The van der Waals surface area contributed by atoms with Crippen LogP contribution in [0.15, 0.2) is 0 Å². The minimum absolute atomic E-state index is 0.252. The van der Waals surface area contributed by atoms with Crippen LogP contribution in [0.5, 0.6) is 0 Å². The van der Waals surface area contributed by atoms with E-state index in [9.17, 15) is 4.79 Å². The zero-order chi connectivity index (χ0) is 13.8. The number of rotatable bonds is 4. The summed E-state index contributed by atoms with van der Waals surface area (Å²) in [5.41, 5.74) is 0. The Bertz CT molecular complexity index is 306. The van der Waals surface area contributed by atoms with Crippen molar-refractivity contribution in [2.75, 3.05) is 39.8 Å². The second kappa shape index (κ2) is 6.71. The topological polar surface area (TPSA) is 35.6 Å². The van der Waals surface area contributed by atoms with Crippen molar-refractivity contribution in [2.24, 2.45) is 11.8 Å². The quantitative estimate of drug-likeness (QED) is 0.831. The first-order valence-electron chi connectivity index (χ1n) is 7.77. The smallest absolute Gasteiger partial charge is 0.227 e. The molecule has 2 unspecified atom stereocenters. The summed E-state index contributed by atoms with van der Waals surface area (Å²) < 4.78 is 0. The van der Waals surface area contributed by atoms with E-state index in [0.29, 0.717) is 17.9 Å². The summed E-state index contributed by atoms with van der Waals surface area (Å²) >= 11 is 0. The van der Waals surface area contributed by atoms with Gasteiger partial charge in [-0.15, -0.1) is 0 Å². The van der Waals surface area contributed by atoms with E-state index in [1.165, 1.54) is 12.8 Å². The fourth-order valence-electron chi connectivity index (χ4n) is 3.23. The predicted octanol–water partition coefficient (Wildman–Crippen LogP) is 1.17. The van der Waals surface area contributed by atoms with Crippen molar-refractivity contribution in [2.45, 2.75) is 39.2 Å². The summed E-state index contributed by atoms with van der Waals surface area (Å²) in [6, 6.07) is 0.537. The van der Waals surface area contributed by atoms with E-state index < -0.39 is 0 Å². The molecular formula is C15H29N3O. The van der Waals surface area contributed by atoms with Crippen LogP contribution in [0.3, 0.4) is 0 Å². The van der Waals surface area contributed by atoms with E-state index in [0.717, 1.165) is 39.1 Å². The van der Waals surface area contributed by atoms with E-state index in [1.54, 1.807) is 0 Å². The van der Waals surface area contributed by atoms with Gasteiger partial charge in [-0.2, -0.15) is 0 Å². The van der Waals surface area contributed by atoms with Crippen LogP contribution in [0.25, 0.3) is 0 Å². The Hall–Kier alpha value is -0.610. The molecule has 2 heterocycles. The predicted molar refractivity (Wildman–Crippen MR) is 78.0 cm³/mol. The molecule has 2 aliphatic heterocycles. The van der Waals surface area contributed by atoms with Crippen LogP contribution in [0.1, 0.15) is 33.1 Å². The highest BCUT2D eigenvalue weighted by molar-refractivity contribution is 5.79. The van der Waals surface area contributed by atoms with Crippen LogP contribution in [-0.4, -0.2) is 61.5 Å².